The molecule has 0 spiro atoms. The largest absolute Gasteiger partial charge is 0.312 e. The van der Waals surface area contributed by atoms with E-state index >= 15 is 0 Å². The third kappa shape index (κ3) is 3.48. The molecule has 5 heteroatoms. The van der Waals surface area contributed by atoms with Crippen LogP contribution in [0.15, 0.2) is 18.2 Å². The number of nitrogens with one attached hydrogen (secondary N) is 1. The molecule has 0 aliphatic heterocycles. The third-order valence-electron chi connectivity index (χ3n) is 3.04. The Balaban J connectivity index is 2.29. The van der Waals surface area contributed by atoms with E-state index in [0.717, 1.165) is 27.7 Å². The summed E-state index contributed by atoms with van der Waals surface area (Å²) >= 11 is 14.0. The number of aromatic nitrogens is 1. The molecule has 19 heavy (non-hydrogen) atoms. The fourth-order valence-corrected chi connectivity index (χ4v) is 3.54. The molecule has 1 aromatic carbocycles. The molecule has 1 heterocycles. The van der Waals surface area contributed by atoms with Crippen molar-refractivity contribution in [2.24, 2.45) is 0 Å². The minimum atomic E-state index is 0.210. The molecule has 2 rings (SSSR count). The summed E-state index contributed by atoms with van der Waals surface area (Å²) in [6, 6.07) is 5.79. The maximum absolute atomic E-state index is 6.23. The summed E-state index contributed by atoms with van der Waals surface area (Å²) in [6.07, 6.45) is 0.804. The second-order valence-electron chi connectivity index (χ2n) is 4.46. The maximum Gasteiger partial charge on any atom is 0.0900 e. The number of aryl methyl sites for hydroxylation is 2. The van der Waals surface area contributed by atoms with Crippen molar-refractivity contribution in [3.05, 3.63) is 49.4 Å². The average molecular weight is 315 g/mol. The second-order valence-corrected chi connectivity index (χ2v) is 6.54. The Morgan fingerprint density at radius 2 is 2.05 bits per heavy atom. The quantitative estimate of drug-likeness (QED) is 0.894. The summed E-state index contributed by atoms with van der Waals surface area (Å²) in [4.78, 5) is 5.74. The van der Waals surface area contributed by atoms with Crippen molar-refractivity contribution in [2.45, 2.75) is 26.3 Å². The average Bonchev–Trinajstić information content (AvgIpc) is 2.69. The van der Waals surface area contributed by atoms with Crippen LogP contribution in [0.25, 0.3) is 0 Å². The fraction of sp³-hybridized carbons (Fsp3) is 0.357. The molecule has 0 radical (unpaired) electrons. The van der Waals surface area contributed by atoms with Crippen LogP contribution < -0.4 is 5.32 Å². The number of halogens is 2. The van der Waals surface area contributed by atoms with Crippen LogP contribution in [0, 0.1) is 13.8 Å². The highest BCUT2D eigenvalue weighted by molar-refractivity contribution is 7.11. The number of benzene rings is 1. The predicted octanol–water partition coefficient (Wildman–Crippen LogP) is 4.57. The lowest BCUT2D eigenvalue weighted by Gasteiger charge is -2.16. The Kier molecular flexibility index (Phi) is 4.85. The van der Waals surface area contributed by atoms with Gasteiger partial charge in [0, 0.05) is 21.0 Å². The molecule has 0 saturated heterocycles. The van der Waals surface area contributed by atoms with E-state index in [1.807, 2.05) is 39.1 Å². The molecule has 0 saturated carbocycles. The van der Waals surface area contributed by atoms with Crippen molar-refractivity contribution in [3.8, 4) is 0 Å². The van der Waals surface area contributed by atoms with Crippen molar-refractivity contribution in [1.29, 1.82) is 0 Å². The van der Waals surface area contributed by atoms with Crippen molar-refractivity contribution in [1.82, 2.24) is 10.3 Å². The van der Waals surface area contributed by atoms with Gasteiger partial charge in [0.05, 0.1) is 10.7 Å². The van der Waals surface area contributed by atoms with Crippen molar-refractivity contribution >= 4 is 34.5 Å². The maximum atomic E-state index is 6.23. The van der Waals surface area contributed by atoms with E-state index in [9.17, 15) is 0 Å². The molecule has 0 aliphatic carbocycles. The molecule has 0 amide bonds. The van der Waals surface area contributed by atoms with Gasteiger partial charge in [-0.3, -0.25) is 0 Å². The van der Waals surface area contributed by atoms with Gasteiger partial charge >= 0.3 is 0 Å². The van der Waals surface area contributed by atoms with E-state index in [4.69, 9.17) is 23.2 Å². The molecule has 2 aromatic rings. The van der Waals surface area contributed by atoms with E-state index < -0.39 is 0 Å². The Morgan fingerprint density at radius 3 is 2.63 bits per heavy atom. The highest BCUT2D eigenvalue weighted by Crippen LogP contribution is 2.30. The van der Waals surface area contributed by atoms with Gasteiger partial charge < -0.3 is 5.32 Å². The number of rotatable bonds is 4. The zero-order chi connectivity index (χ0) is 14.0. The van der Waals surface area contributed by atoms with Gasteiger partial charge in [0.1, 0.15) is 0 Å². The Hall–Kier alpha value is -0.610. The summed E-state index contributed by atoms with van der Waals surface area (Å²) in [5, 5.41) is 5.89. The third-order valence-corrected chi connectivity index (χ3v) is 4.83. The normalized spacial score (nSPS) is 12.7. The number of likely N-dealkylation sites (N-methyl/N-ethyl adjacent to an activating group) is 1. The molecular weight excluding hydrogens is 299 g/mol. The fourth-order valence-electron chi connectivity index (χ4n) is 2.12. The van der Waals surface area contributed by atoms with Crippen LogP contribution in [0.2, 0.25) is 10.0 Å². The summed E-state index contributed by atoms with van der Waals surface area (Å²) in [7, 11) is 1.96. The highest BCUT2D eigenvalue weighted by Gasteiger charge is 2.17. The van der Waals surface area contributed by atoms with Crippen LogP contribution in [-0.4, -0.2) is 12.0 Å². The molecule has 2 nitrogen and oxygen atoms in total. The number of hydrogen-bond donors (Lipinski definition) is 1. The van der Waals surface area contributed by atoms with Crippen LogP contribution in [0.3, 0.4) is 0 Å². The highest BCUT2D eigenvalue weighted by atomic mass is 35.5. The van der Waals surface area contributed by atoms with Gasteiger partial charge in [0.25, 0.3) is 0 Å². The van der Waals surface area contributed by atoms with Gasteiger partial charge in [-0.1, -0.05) is 23.2 Å². The molecule has 1 atom stereocenters. The van der Waals surface area contributed by atoms with Crippen molar-refractivity contribution < 1.29 is 0 Å². The van der Waals surface area contributed by atoms with E-state index in [0.29, 0.717) is 5.02 Å². The summed E-state index contributed by atoms with van der Waals surface area (Å²) < 4.78 is 0. The first-order chi connectivity index (χ1) is 9.01. The van der Waals surface area contributed by atoms with Gasteiger partial charge in [-0.15, -0.1) is 11.3 Å². The SMILES string of the molecule is CNC(Cc1cc(Cl)ccc1Cl)c1sc(C)nc1C. The van der Waals surface area contributed by atoms with Crippen LogP contribution in [0.1, 0.15) is 27.2 Å². The van der Waals surface area contributed by atoms with Crippen molar-refractivity contribution in [2.75, 3.05) is 7.05 Å². The molecule has 0 fully saturated rings. The lowest BCUT2D eigenvalue weighted by atomic mass is 10.0. The van der Waals surface area contributed by atoms with E-state index in [2.05, 4.69) is 10.3 Å². The van der Waals surface area contributed by atoms with E-state index in [1.54, 1.807) is 11.3 Å². The first kappa shape index (κ1) is 14.8. The van der Waals surface area contributed by atoms with Gasteiger partial charge in [0.2, 0.25) is 0 Å². The van der Waals surface area contributed by atoms with Crippen LogP contribution in [-0.2, 0) is 6.42 Å². The van der Waals surface area contributed by atoms with Crippen LogP contribution in [0.5, 0.6) is 0 Å². The van der Waals surface area contributed by atoms with Gasteiger partial charge in [-0.05, 0) is 51.1 Å². The summed E-state index contributed by atoms with van der Waals surface area (Å²) in [5.74, 6) is 0. The zero-order valence-electron chi connectivity index (χ0n) is 11.1. The lowest BCUT2D eigenvalue weighted by molar-refractivity contribution is 0.598. The zero-order valence-corrected chi connectivity index (χ0v) is 13.5. The Labute approximate surface area is 127 Å². The van der Waals surface area contributed by atoms with Gasteiger partial charge in [-0.2, -0.15) is 0 Å². The Morgan fingerprint density at radius 1 is 1.32 bits per heavy atom. The second kappa shape index (κ2) is 6.23. The molecule has 1 unspecified atom stereocenters. The van der Waals surface area contributed by atoms with Gasteiger partial charge in [-0.25, -0.2) is 4.98 Å². The summed E-state index contributed by atoms with van der Waals surface area (Å²) in [6.45, 7) is 4.07. The molecular formula is C14H16Cl2N2S. The van der Waals surface area contributed by atoms with Gasteiger partial charge in [0.15, 0.2) is 0 Å². The Bertz CT molecular complexity index is 581. The predicted molar refractivity (Wildman–Crippen MR) is 83.6 cm³/mol. The van der Waals surface area contributed by atoms with E-state index in [1.165, 1.54) is 4.88 Å². The first-order valence-corrected chi connectivity index (χ1v) is 7.63. The van der Waals surface area contributed by atoms with E-state index in [-0.39, 0.29) is 6.04 Å². The smallest absolute Gasteiger partial charge is 0.0900 e. The molecule has 1 aromatic heterocycles. The monoisotopic (exact) mass is 314 g/mol. The molecule has 1 N–H and O–H groups in total. The standard InChI is InChI=1S/C14H16Cl2N2S/c1-8-14(19-9(2)18-8)13(17-3)7-10-6-11(15)4-5-12(10)16/h4-6,13,17H,7H2,1-3H3. The molecule has 102 valence electrons. The lowest BCUT2D eigenvalue weighted by Crippen LogP contribution is -2.18. The molecule has 0 aliphatic rings. The minimum Gasteiger partial charge on any atom is -0.312 e. The topological polar surface area (TPSA) is 24.9 Å². The summed E-state index contributed by atoms with van der Waals surface area (Å²) in [5.41, 5.74) is 2.14. The minimum absolute atomic E-state index is 0.210. The first-order valence-electron chi connectivity index (χ1n) is 6.06. The van der Waals surface area contributed by atoms with Crippen LogP contribution in [0.4, 0.5) is 0 Å². The van der Waals surface area contributed by atoms with Crippen molar-refractivity contribution in [3.63, 3.8) is 0 Å². The number of thiazole rings is 1. The number of hydrogen-bond acceptors (Lipinski definition) is 3. The number of nitrogens with zero attached hydrogens (tertiary/aromatic N) is 1. The molecule has 0 bridgehead atoms. The van der Waals surface area contributed by atoms with Crippen LogP contribution >= 0.6 is 34.5 Å².